The minimum Gasteiger partial charge on any atom is -0.352 e. The second-order valence-electron chi connectivity index (χ2n) is 4.15. The van der Waals surface area contributed by atoms with E-state index in [1.807, 2.05) is 24.3 Å². The highest BCUT2D eigenvalue weighted by atomic mass is 127. The molecule has 0 saturated heterocycles. The maximum atomic E-state index is 11.9. The number of nitrogens with one attached hydrogen (secondary N) is 1. The van der Waals surface area contributed by atoms with Crippen molar-refractivity contribution in [2.45, 2.75) is 20.3 Å². The number of hydrogen-bond acceptors (Lipinski definition) is 2. The second kappa shape index (κ2) is 8.48. The molecule has 0 aliphatic heterocycles. The smallest absolute Gasteiger partial charge is 0.251 e. The highest BCUT2D eigenvalue weighted by molar-refractivity contribution is 14.1. The molecular formula is C14H21IN2O. The number of rotatable bonds is 7. The minimum absolute atomic E-state index is 0.0214. The minimum atomic E-state index is 0.0214. The van der Waals surface area contributed by atoms with Crippen LogP contribution in [0.4, 0.5) is 0 Å². The van der Waals surface area contributed by atoms with Crippen LogP contribution in [0.25, 0.3) is 0 Å². The average molecular weight is 360 g/mol. The van der Waals surface area contributed by atoms with E-state index in [0.29, 0.717) is 0 Å². The number of nitrogens with zero attached hydrogens (tertiary/aromatic N) is 1. The van der Waals surface area contributed by atoms with Gasteiger partial charge >= 0.3 is 0 Å². The van der Waals surface area contributed by atoms with Gasteiger partial charge in [0.2, 0.25) is 0 Å². The monoisotopic (exact) mass is 360 g/mol. The van der Waals surface area contributed by atoms with Crippen molar-refractivity contribution in [1.82, 2.24) is 10.2 Å². The zero-order valence-corrected chi connectivity index (χ0v) is 13.2. The van der Waals surface area contributed by atoms with E-state index in [0.717, 1.165) is 41.7 Å². The van der Waals surface area contributed by atoms with Crippen LogP contribution in [0.15, 0.2) is 24.3 Å². The lowest BCUT2D eigenvalue weighted by molar-refractivity contribution is 0.0952. The molecule has 0 aromatic heterocycles. The van der Waals surface area contributed by atoms with Gasteiger partial charge in [-0.05, 0) is 66.8 Å². The summed E-state index contributed by atoms with van der Waals surface area (Å²) in [6, 6.07) is 7.65. The third-order valence-electron chi connectivity index (χ3n) is 2.92. The maximum Gasteiger partial charge on any atom is 0.251 e. The first-order valence-electron chi connectivity index (χ1n) is 6.43. The molecule has 0 saturated carbocycles. The van der Waals surface area contributed by atoms with E-state index in [-0.39, 0.29) is 5.91 Å². The van der Waals surface area contributed by atoms with E-state index in [4.69, 9.17) is 0 Å². The fourth-order valence-electron chi connectivity index (χ4n) is 1.78. The van der Waals surface area contributed by atoms with Crippen molar-refractivity contribution in [1.29, 1.82) is 0 Å². The van der Waals surface area contributed by atoms with Gasteiger partial charge in [0.25, 0.3) is 5.91 Å². The summed E-state index contributed by atoms with van der Waals surface area (Å²) in [6.45, 7) is 8.24. The molecule has 0 spiro atoms. The average Bonchev–Trinajstić information content (AvgIpc) is 2.38. The Kier molecular flexibility index (Phi) is 7.27. The molecule has 1 aromatic carbocycles. The van der Waals surface area contributed by atoms with Gasteiger partial charge in [0.05, 0.1) is 0 Å². The summed E-state index contributed by atoms with van der Waals surface area (Å²) in [4.78, 5) is 14.2. The van der Waals surface area contributed by atoms with E-state index < -0.39 is 0 Å². The van der Waals surface area contributed by atoms with E-state index in [1.165, 1.54) is 0 Å². The number of benzene rings is 1. The van der Waals surface area contributed by atoms with E-state index in [1.54, 1.807) is 0 Å². The van der Waals surface area contributed by atoms with Gasteiger partial charge in [-0.2, -0.15) is 0 Å². The summed E-state index contributed by atoms with van der Waals surface area (Å²) in [5.74, 6) is 0.0214. The highest BCUT2D eigenvalue weighted by Crippen LogP contribution is 2.07. The Balaban J connectivity index is 2.29. The first kappa shape index (κ1) is 15.4. The lowest BCUT2D eigenvalue weighted by Gasteiger charge is -2.17. The number of halogens is 1. The molecule has 100 valence electrons. The molecular weight excluding hydrogens is 339 g/mol. The quantitative estimate of drug-likeness (QED) is 0.599. The summed E-state index contributed by atoms with van der Waals surface area (Å²) in [5.41, 5.74) is 0.740. The molecule has 0 bridgehead atoms. The lowest BCUT2D eigenvalue weighted by atomic mass is 10.2. The van der Waals surface area contributed by atoms with Gasteiger partial charge in [0.15, 0.2) is 0 Å². The number of hydrogen-bond donors (Lipinski definition) is 1. The summed E-state index contributed by atoms with van der Waals surface area (Å²) in [6.07, 6.45) is 0.997. The standard InChI is InChI=1S/C14H21IN2O/c1-3-17(4-2)10-6-9-16-14(18)12-7-5-8-13(15)11-12/h5,7-8,11H,3-4,6,9-10H2,1-2H3,(H,16,18). The van der Waals surface area contributed by atoms with E-state index in [2.05, 4.69) is 46.7 Å². The van der Waals surface area contributed by atoms with Gasteiger partial charge in [-0.25, -0.2) is 0 Å². The van der Waals surface area contributed by atoms with Crippen LogP contribution in [0.3, 0.4) is 0 Å². The van der Waals surface area contributed by atoms with Crippen molar-refractivity contribution in [3.05, 3.63) is 33.4 Å². The summed E-state index contributed by atoms with van der Waals surface area (Å²) < 4.78 is 1.09. The van der Waals surface area contributed by atoms with Crippen LogP contribution in [0.1, 0.15) is 30.6 Å². The molecule has 0 atom stereocenters. The molecule has 0 aliphatic carbocycles. The molecule has 0 aliphatic rings. The lowest BCUT2D eigenvalue weighted by Crippen LogP contribution is -2.29. The van der Waals surface area contributed by atoms with Crippen molar-refractivity contribution >= 4 is 28.5 Å². The van der Waals surface area contributed by atoms with Gasteiger partial charge in [-0.3, -0.25) is 4.79 Å². The molecule has 18 heavy (non-hydrogen) atoms. The van der Waals surface area contributed by atoms with E-state index >= 15 is 0 Å². The predicted octanol–water partition coefficient (Wildman–Crippen LogP) is 2.75. The Labute approximate surface area is 123 Å². The fourth-order valence-corrected chi connectivity index (χ4v) is 2.32. The Morgan fingerprint density at radius 3 is 2.67 bits per heavy atom. The number of carbonyl (C=O) groups excluding carboxylic acids is 1. The molecule has 0 unspecified atom stereocenters. The molecule has 0 radical (unpaired) electrons. The number of carbonyl (C=O) groups is 1. The molecule has 3 nitrogen and oxygen atoms in total. The largest absolute Gasteiger partial charge is 0.352 e. The number of amides is 1. The Bertz CT molecular complexity index is 378. The van der Waals surface area contributed by atoms with Crippen LogP contribution < -0.4 is 5.32 Å². The summed E-state index contributed by atoms with van der Waals surface area (Å²) in [5, 5.41) is 2.96. The maximum absolute atomic E-state index is 11.9. The first-order valence-corrected chi connectivity index (χ1v) is 7.51. The fraction of sp³-hybridized carbons (Fsp3) is 0.500. The predicted molar refractivity (Wildman–Crippen MR) is 83.9 cm³/mol. The van der Waals surface area contributed by atoms with Crippen molar-refractivity contribution < 1.29 is 4.79 Å². The van der Waals surface area contributed by atoms with Crippen molar-refractivity contribution in [2.24, 2.45) is 0 Å². The van der Waals surface area contributed by atoms with Gasteiger partial charge in [0.1, 0.15) is 0 Å². The Hall–Kier alpha value is -0.620. The van der Waals surface area contributed by atoms with Gasteiger partial charge < -0.3 is 10.2 Å². The van der Waals surface area contributed by atoms with Crippen LogP contribution in [-0.2, 0) is 0 Å². The van der Waals surface area contributed by atoms with E-state index in [9.17, 15) is 4.79 Å². The summed E-state index contributed by atoms with van der Waals surface area (Å²) in [7, 11) is 0. The molecule has 1 N–H and O–H groups in total. The Morgan fingerprint density at radius 2 is 2.06 bits per heavy atom. The molecule has 1 aromatic rings. The van der Waals surface area contributed by atoms with Crippen LogP contribution in [0, 0.1) is 3.57 Å². The Morgan fingerprint density at radius 1 is 1.33 bits per heavy atom. The third kappa shape index (κ3) is 5.35. The zero-order chi connectivity index (χ0) is 13.4. The van der Waals surface area contributed by atoms with Crippen LogP contribution in [0.2, 0.25) is 0 Å². The molecule has 0 heterocycles. The van der Waals surface area contributed by atoms with Gasteiger partial charge in [-0.1, -0.05) is 19.9 Å². The van der Waals surface area contributed by atoms with Crippen LogP contribution >= 0.6 is 22.6 Å². The van der Waals surface area contributed by atoms with Crippen molar-refractivity contribution in [2.75, 3.05) is 26.2 Å². The zero-order valence-electron chi connectivity index (χ0n) is 11.1. The SMILES string of the molecule is CCN(CC)CCCNC(=O)c1cccc(I)c1. The molecule has 0 fully saturated rings. The topological polar surface area (TPSA) is 32.3 Å². The highest BCUT2D eigenvalue weighted by Gasteiger charge is 2.05. The van der Waals surface area contributed by atoms with Crippen LogP contribution in [0.5, 0.6) is 0 Å². The molecule has 1 amide bonds. The molecule has 4 heteroatoms. The van der Waals surface area contributed by atoms with Gasteiger partial charge in [-0.15, -0.1) is 0 Å². The second-order valence-corrected chi connectivity index (χ2v) is 5.39. The summed E-state index contributed by atoms with van der Waals surface area (Å²) >= 11 is 2.22. The first-order chi connectivity index (χ1) is 8.67. The normalized spacial score (nSPS) is 10.7. The molecule has 1 rings (SSSR count). The van der Waals surface area contributed by atoms with Gasteiger partial charge in [0, 0.05) is 15.7 Å². The van der Waals surface area contributed by atoms with Crippen molar-refractivity contribution in [3.63, 3.8) is 0 Å². The third-order valence-corrected chi connectivity index (χ3v) is 3.59. The van der Waals surface area contributed by atoms with Crippen LogP contribution in [-0.4, -0.2) is 37.0 Å². The van der Waals surface area contributed by atoms with Crippen molar-refractivity contribution in [3.8, 4) is 0 Å².